The van der Waals surface area contributed by atoms with E-state index in [2.05, 4.69) is 27.8 Å². The Labute approximate surface area is 149 Å². The zero-order chi connectivity index (χ0) is 18.1. The van der Waals surface area contributed by atoms with Crippen molar-refractivity contribution in [3.05, 3.63) is 71.3 Å². The molecular formula is C20H26N4O. The molecule has 0 radical (unpaired) electrons. The number of benzene rings is 2. The zero-order valence-electron chi connectivity index (χ0n) is 15.1. The van der Waals surface area contributed by atoms with Crippen LogP contribution in [0.1, 0.15) is 21.5 Å². The standard InChI is InChI=1S/C20H26N4O/c1-21-20(22-14-13-16-7-5-4-6-8-16)23-15-17-9-11-18(12-10-17)19(25)24(2)3/h4-12H,13-15H2,1-3H3,(H2,21,22,23). The molecule has 0 bridgehead atoms. The van der Waals surface area contributed by atoms with Crippen LogP contribution in [0.25, 0.3) is 0 Å². The van der Waals surface area contributed by atoms with Crippen LogP contribution in [0, 0.1) is 0 Å². The van der Waals surface area contributed by atoms with Crippen LogP contribution in [0.3, 0.4) is 0 Å². The fraction of sp³-hybridized carbons (Fsp3) is 0.300. The molecule has 25 heavy (non-hydrogen) atoms. The number of hydrogen-bond donors (Lipinski definition) is 2. The molecule has 2 aromatic carbocycles. The lowest BCUT2D eigenvalue weighted by molar-refractivity contribution is 0.0827. The Kier molecular flexibility index (Phi) is 7.01. The minimum absolute atomic E-state index is 0.0119. The SMILES string of the molecule is CN=C(NCCc1ccccc1)NCc1ccc(C(=O)N(C)C)cc1. The summed E-state index contributed by atoms with van der Waals surface area (Å²) >= 11 is 0. The van der Waals surface area contributed by atoms with Crippen LogP contribution in [0.15, 0.2) is 59.6 Å². The number of aliphatic imine (C=N–C) groups is 1. The molecule has 0 aliphatic carbocycles. The molecule has 5 nitrogen and oxygen atoms in total. The Hall–Kier alpha value is -2.82. The van der Waals surface area contributed by atoms with Gasteiger partial charge in [0, 0.05) is 39.8 Å². The first-order valence-electron chi connectivity index (χ1n) is 8.39. The fourth-order valence-corrected chi connectivity index (χ4v) is 2.40. The molecule has 0 atom stereocenters. The van der Waals surface area contributed by atoms with E-state index in [1.54, 1.807) is 26.0 Å². The highest BCUT2D eigenvalue weighted by Crippen LogP contribution is 2.06. The van der Waals surface area contributed by atoms with Crippen LogP contribution < -0.4 is 10.6 Å². The average Bonchev–Trinajstić information content (AvgIpc) is 2.65. The molecule has 0 fully saturated rings. The van der Waals surface area contributed by atoms with Crippen LogP contribution >= 0.6 is 0 Å². The van der Waals surface area contributed by atoms with Crippen molar-refractivity contribution in [1.82, 2.24) is 15.5 Å². The van der Waals surface area contributed by atoms with Crippen molar-refractivity contribution in [2.24, 2.45) is 4.99 Å². The van der Waals surface area contributed by atoms with E-state index in [1.807, 2.05) is 42.5 Å². The maximum atomic E-state index is 11.9. The average molecular weight is 338 g/mol. The highest BCUT2D eigenvalue weighted by atomic mass is 16.2. The van der Waals surface area contributed by atoms with Gasteiger partial charge in [0.05, 0.1) is 0 Å². The molecule has 0 unspecified atom stereocenters. The van der Waals surface area contributed by atoms with Gasteiger partial charge in [-0.25, -0.2) is 0 Å². The maximum Gasteiger partial charge on any atom is 0.253 e. The highest BCUT2D eigenvalue weighted by Gasteiger charge is 2.07. The lowest BCUT2D eigenvalue weighted by atomic mass is 10.1. The van der Waals surface area contributed by atoms with Crippen LogP contribution in [0.4, 0.5) is 0 Å². The molecular weight excluding hydrogens is 312 g/mol. The molecule has 0 saturated carbocycles. The number of hydrogen-bond acceptors (Lipinski definition) is 2. The Morgan fingerprint density at radius 3 is 2.24 bits per heavy atom. The summed E-state index contributed by atoms with van der Waals surface area (Å²) in [6.45, 7) is 1.47. The Bertz CT molecular complexity index is 693. The van der Waals surface area contributed by atoms with Crippen LogP contribution in [-0.2, 0) is 13.0 Å². The van der Waals surface area contributed by atoms with Gasteiger partial charge in [0.2, 0.25) is 0 Å². The van der Waals surface area contributed by atoms with Crippen molar-refractivity contribution < 1.29 is 4.79 Å². The van der Waals surface area contributed by atoms with Gasteiger partial charge < -0.3 is 15.5 Å². The van der Waals surface area contributed by atoms with Gasteiger partial charge in [0.15, 0.2) is 5.96 Å². The van der Waals surface area contributed by atoms with E-state index in [9.17, 15) is 4.79 Å². The number of carbonyl (C=O) groups excluding carboxylic acids is 1. The normalized spacial score (nSPS) is 11.1. The summed E-state index contributed by atoms with van der Waals surface area (Å²) in [5.41, 5.74) is 3.09. The molecule has 2 rings (SSSR count). The second-order valence-electron chi connectivity index (χ2n) is 5.98. The number of nitrogens with one attached hydrogen (secondary N) is 2. The second-order valence-corrected chi connectivity index (χ2v) is 5.98. The minimum Gasteiger partial charge on any atom is -0.356 e. The summed E-state index contributed by atoms with van der Waals surface area (Å²) in [4.78, 5) is 17.7. The smallest absolute Gasteiger partial charge is 0.253 e. The van der Waals surface area contributed by atoms with E-state index >= 15 is 0 Å². The number of carbonyl (C=O) groups is 1. The van der Waals surface area contributed by atoms with Gasteiger partial charge in [-0.15, -0.1) is 0 Å². The third-order valence-electron chi connectivity index (χ3n) is 3.84. The maximum absolute atomic E-state index is 11.9. The summed E-state index contributed by atoms with van der Waals surface area (Å²) in [6, 6.07) is 18.0. The number of amides is 1. The van der Waals surface area contributed by atoms with E-state index in [0.717, 1.165) is 24.5 Å². The first kappa shape index (κ1) is 18.5. The molecule has 132 valence electrons. The van der Waals surface area contributed by atoms with Crippen LogP contribution in [-0.4, -0.2) is 44.5 Å². The van der Waals surface area contributed by atoms with Gasteiger partial charge in [-0.1, -0.05) is 42.5 Å². The number of guanidine groups is 1. The highest BCUT2D eigenvalue weighted by molar-refractivity contribution is 5.93. The van der Waals surface area contributed by atoms with Crippen molar-refractivity contribution in [2.75, 3.05) is 27.7 Å². The third kappa shape index (κ3) is 5.95. The van der Waals surface area contributed by atoms with Crippen LogP contribution in [0.5, 0.6) is 0 Å². The summed E-state index contributed by atoms with van der Waals surface area (Å²) < 4.78 is 0. The summed E-state index contributed by atoms with van der Waals surface area (Å²) in [5.74, 6) is 0.780. The van der Waals surface area contributed by atoms with Crippen molar-refractivity contribution in [2.45, 2.75) is 13.0 Å². The van der Waals surface area contributed by atoms with Crippen LogP contribution in [0.2, 0.25) is 0 Å². The summed E-state index contributed by atoms with van der Waals surface area (Å²) in [6.07, 6.45) is 0.947. The Morgan fingerprint density at radius 2 is 1.64 bits per heavy atom. The van der Waals surface area contributed by atoms with Gasteiger partial charge >= 0.3 is 0 Å². The van der Waals surface area contributed by atoms with E-state index < -0.39 is 0 Å². The van der Waals surface area contributed by atoms with Crippen molar-refractivity contribution in [3.63, 3.8) is 0 Å². The Balaban J connectivity index is 1.79. The van der Waals surface area contributed by atoms with Gasteiger partial charge in [-0.3, -0.25) is 9.79 Å². The quantitative estimate of drug-likeness (QED) is 0.628. The summed E-state index contributed by atoms with van der Waals surface area (Å²) in [5, 5.41) is 6.60. The molecule has 2 aromatic rings. The topological polar surface area (TPSA) is 56.7 Å². The predicted octanol–water partition coefficient (Wildman–Crippen LogP) is 2.30. The zero-order valence-corrected chi connectivity index (χ0v) is 15.1. The third-order valence-corrected chi connectivity index (χ3v) is 3.84. The molecule has 0 aromatic heterocycles. The van der Waals surface area contributed by atoms with Crippen molar-refractivity contribution in [3.8, 4) is 0 Å². The Morgan fingerprint density at radius 1 is 0.960 bits per heavy atom. The lowest BCUT2D eigenvalue weighted by Gasteiger charge is -2.13. The molecule has 1 amide bonds. The fourth-order valence-electron chi connectivity index (χ4n) is 2.40. The molecule has 5 heteroatoms. The molecule has 0 heterocycles. The van der Waals surface area contributed by atoms with Crippen molar-refractivity contribution in [1.29, 1.82) is 0 Å². The van der Waals surface area contributed by atoms with Gasteiger partial charge in [-0.2, -0.15) is 0 Å². The monoisotopic (exact) mass is 338 g/mol. The van der Waals surface area contributed by atoms with Crippen molar-refractivity contribution >= 4 is 11.9 Å². The summed E-state index contributed by atoms with van der Waals surface area (Å²) in [7, 11) is 5.27. The first-order chi connectivity index (χ1) is 12.1. The number of nitrogens with zero attached hydrogens (tertiary/aromatic N) is 2. The van der Waals surface area contributed by atoms with Gasteiger partial charge in [0.1, 0.15) is 0 Å². The molecule has 0 spiro atoms. The largest absolute Gasteiger partial charge is 0.356 e. The van der Waals surface area contributed by atoms with Gasteiger partial charge in [-0.05, 0) is 29.7 Å². The molecule has 0 aliphatic rings. The predicted molar refractivity (Wildman–Crippen MR) is 103 cm³/mol. The van der Waals surface area contributed by atoms with E-state index in [-0.39, 0.29) is 5.91 Å². The van der Waals surface area contributed by atoms with Gasteiger partial charge in [0.25, 0.3) is 5.91 Å². The molecule has 0 aliphatic heterocycles. The van der Waals surface area contributed by atoms with E-state index in [4.69, 9.17) is 0 Å². The minimum atomic E-state index is 0.0119. The lowest BCUT2D eigenvalue weighted by Crippen LogP contribution is -2.37. The van der Waals surface area contributed by atoms with E-state index in [1.165, 1.54) is 5.56 Å². The second kappa shape index (κ2) is 9.47. The first-order valence-corrected chi connectivity index (χ1v) is 8.39. The van der Waals surface area contributed by atoms with E-state index in [0.29, 0.717) is 12.1 Å². The molecule has 2 N–H and O–H groups in total. The number of rotatable bonds is 6. The molecule has 0 saturated heterocycles.